The Morgan fingerprint density at radius 2 is 1.83 bits per heavy atom. The summed E-state index contributed by atoms with van der Waals surface area (Å²) in [6.45, 7) is 0.333. The van der Waals surface area contributed by atoms with E-state index in [1.807, 2.05) is 16.8 Å². The maximum Gasteiger partial charge on any atom is 0.216 e. The van der Waals surface area contributed by atoms with Crippen molar-refractivity contribution in [3.63, 3.8) is 0 Å². The number of thiophene rings is 1. The third-order valence-corrected chi connectivity index (χ3v) is 4.63. The van der Waals surface area contributed by atoms with E-state index in [1.54, 1.807) is 35.6 Å². The summed E-state index contributed by atoms with van der Waals surface area (Å²) >= 11 is 7.29. The summed E-state index contributed by atoms with van der Waals surface area (Å²) in [4.78, 5) is 0. The Morgan fingerprint density at radius 1 is 1.11 bits per heavy atom. The van der Waals surface area contributed by atoms with Gasteiger partial charge in [0.15, 0.2) is 0 Å². The lowest BCUT2D eigenvalue weighted by molar-refractivity contribution is 0.580. The number of halogens is 1. The van der Waals surface area contributed by atoms with E-state index >= 15 is 0 Å². The van der Waals surface area contributed by atoms with Crippen molar-refractivity contribution in [2.75, 3.05) is 0 Å². The molecule has 2 rings (SSSR count). The van der Waals surface area contributed by atoms with Crippen molar-refractivity contribution in [3.05, 3.63) is 57.2 Å². The molecule has 2 aromatic rings. The molecule has 0 atom stereocenters. The highest BCUT2D eigenvalue weighted by Gasteiger charge is 2.11. The third-order valence-electron chi connectivity index (χ3n) is 2.35. The Morgan fingerprint density at radius 3 is 2.44 bits per heavy atom. The normalized spacial score (nSPS) is 11.6. The molecular weight excluding hydrogens is 290 g/mol. The first-order valence-electron chi connectivity index (χ1n) is 5.28. The number of nitrogens with one attached hydrogen (secondary N) is 1. The van der Waals surface area contributed by atoms with Crippen LogP contribution in [0, 0.1) is 0 Å². The predicted octanol–water partition coefficient (Wildman–Crippen LogP) is 3.02. The van der Waals surface area contributed by atoms with E-state index in [-0.39, 0.29) is 5.75 Å². The van der Waals surface area contributed by atoms with Crippen LogP contribution in [0.25, 0.3) is 0 Å². The van der Waals surface area contributed by atoms with Gasteiger partial charge in [0.25, 0.3) is 0 Å². The summed E-state index contributed by atoms with van der Waals surface area (Å²) in [5.74, 6) is -0.0334. The molecule has 0 radical (unpaired) electrons. The van der Waals surface area contributed by atoms with E-state index in [0.29, 0.717) is 11.6 Å². The summed E-state index contributed by atoms with van der Waals surface area (Å²) < 4.78 is 26.2. The number of sulfonamides is 1. The highest BCUT2D eigenvalue weighted by atomic mass is 35.5. The van der Waals surface area contributed by atoms with Crippen molar-refractivity contribution in [1.29, 1.82) is 0 Å². The van der Waals surface area contributed by atoms with Gasteiger partial charge in [-0.15, -0.1) is 0 Å². The van der Waals surface area contributed by atoms with Gasteiger partial charge in [0.1, 0.15) is 0 Å². The minimum atomic E-state index is -3.31. The number of rotatable bonds is 5. The minimum Gasteiger partial charge on any atom is -0.212 e. The van der Waals surface area contributed by atoms with Gasteiger partial charge in [0, 0.05) is 11.6 Å². The molecule has 6 heteroatoms. The lowest BCUT2D eigenvalue weighted by Crippen LogP contribution is -2.24. The van der Waals surface area contributed by atoms with Gasteiger partial charge in [-0.2, -0.15) is 11.3 Å². The fourth-order valence-electron chi connectivity index (χ4n) is 1.44. The van der Waals surface area contributed by atoms with Crippen molar-refractivity contribution in [2.24, 2.45) is 0 Å². The molecule has 1 aromatic carbocycles. The fraction of sp³-hybridized carbons (Fsp3) is 0.167. The molecule has 0 aliphatic heterocycles. The molecule has 0 saturated heterocycles. The van der Waals surface area contributed by atoms with E-state index in [9.17, 15) is 8.42 Å². The first-order chi connectivity index (χ1) is 8.55. The highest BCUT2D eigenvalue weighted by molar-refractivity contribution is 7.88. The first-order valence-corrected chi connectivity index (χ1v) is 8.25. The standard InChI is InChI=1S/C12H12ClNO2S2/c13-12-3-1-10(2-4-12)9-18(15,16)14-7-11-5-6-17-8-11/h1-6,8,14H,7,9H2. The summed E-state index contributed by atoms with van der Waals surface area (Å²) in [5.41, 5.74) is 1.69. The van der Waals surface area contributed by atoms with Crippen LogP contribution in [0.5, 0.6) is 0 Å². The van der Waals surface area contributed by atoms with Crippen molar-refractivity contribution in [2.45, 2.75) is 12.3 Å². The van der Waals surface area contributed by atoms with E-state index < -0.39 is 10.0 Å². The smallest absolute Gasteiger partial charge is 0.212 e. The molecule has 0 unspecified atom stereocenters. The van der Waals surface area contributed by atoms with Crippen LogP contribution in [0.4, 0.5) is 0 Å². The Labute approximate surface area is 115 Å². The summed E-state index contributed by atoms with van der Waals surface area (Å²) in [5, 5.41) is 4.44. The van der Waals surface area contributed by atoms with Gasteiger partial charge in [-0.05, 0) is 40.1 Å². The van der Waals surface area contributed by atoms with Gasteiger partial charge >= 0.3 is 0 Å². The van der Waals surface area contributed by atoms with E-state index in [2.05, 4.69) is 4.72 Å². The minimum absolute atomic E-state index is 0.0334. The first kappa shape index (κ1) is 13.5. The molecule has 0 saturated carbocycles. The van der Waals surface area contributed by atoms with Gasteiger partial charge in [-0.25, -0.2) is 13.1 Å². The van der Waals surface area contributed by atoms with Crippen LogP contribution in [0.3, 0.4) is 0 Å². The summed E-state index contributed by atoms with van der Waals surface area (Å²) in [6, 6.07) is 8.70. The quantitative estimate of drug-likeness (QED) is 0.923. The van der Waals surface area contributed by atoms with Crippen molar-refractivity contribution < 1.29 is 8.42 Å². The van der Waals surface area contributed by atoms with Gasteiger partial charge in [-0.3, -0.25) is 0 Å². The number of hydrogen-bond donors (Lipinski definition) is 1. The van der Waals surface area contributed by atoms with E-state index in [1.165, 1.54) is 0 Å². The molecule has 1 aromatic heterocycles. The monoisotopic (exact) mass is 301 g/mol. The van der Waals surface area contributed by atoms with E-state index in [0.717, 1.165) is 11.1 Å². The lowest BCUT2D eigenvalue weighted by atomic mass is 10.2. The Bertz CT molecular complexity index is 592. The molecule has 96 valence electrons. The van der Waals surface area contributed by atoms with Crippen molar-refractivity contribution in [1.82, 2.24) is 4.72 Å². The SMILES string of the molecule is O=S(=O)(Cc1ccc(Cl)cc1)NCc1ccsc1. The molecule has 0 spiro atoms. The zero-order valence-electron chi connectivity index (χ0n) is 9.47. The van der Waals surface area contributed by atoms with Gasteiger partial charge in [0.05, 0.1) is 5.75 Å². The lowest BCUT2D eigenvalue weighted by Gasteiger charge is -2.06. The van der Waals surface area contributed by atoms with Crippen LogP contribution in [0.2, 0.25) is 5.02 Å². The van der Waals surface area contributed by atoms with Crippen LogP contribution in [-0.2, 0) is 22.3 Å². The van der Waals surface area contributed by atoms with Gasteiger partial charge in [-0.1, -0.05) is 23.7 Å². The largest absolute Gasteiger partial charge is 0.216 e. The van der Waals surface area contributed by atoms with Crippen molar-refractivity contribution in [3.8, 4) is 0 Å². The molecule has 0 fully saturated rings. The van der Waals surface area contributed by atoms with Gasteiger partial charge in [0.2, 0.25) is 10.0 Å². The maximum absolute atomic E-state index is 11.8. The van der Waals surface area contributed by atoms with Crippen LogP contribution in [0.15, 0.2) is 41.1 Å². The second kappa shape index (κ2) is 5.84. The number of hydrogen-bond acceptors (Lipinski definition) is 3. The molecule has 0 aliphatic rings. The van der Waals surface area contributed by atoms with Crippen molar-refractivity contribution >= 4 is 33.0 Å². The topological polar surface area (TPSA) is 46.2 Å². The zero-order chi connectivity index (χ0) is 13.0. The van der Waals surface area contributed by atoms with Gasteiger partial charge < -0.3 is 0 Å². The second-order valence-electron chi connectivity index (χ2n) is 3.84. The molecule has 1 heterocycles. The molecule has 0 amide bonds. The van der Waals surface area contributed by atoms with Crippen LogP contribution >= 0.6 is 22.9 Å². The molecule has 3 nitrogen and oxygen atoms in total. The molecule has 18 heavy (non-hydrogen) atoms. The molecule has 1 N–H and O–H groups in total. The average molecular weight is 302 g/mol. The van der Waals surface area contributed by atoms with Crippen LogP contribution < -0.4 is 4.72 Å². The summed E-state index contributed by atoms with van der Waals surface area (Å²) in [6.07, 6.45) is 0. The zero-order valence-corrected chi connectivity index (χ0v) is 11.9. The predicted molar refractivity (Wildman–Crippen MR) is 75.2 cm³/mol. The Balaban J connectivity index is 1.97. The highest BCUT2D eigenvalue weighted by Crippen LogP contribution is 2.12. The van der Waals surface area contributed by atoms with E-state index in [4.69, 9.17) is 11.6 Å². The number of benzene rings is 1. The Kier molecular flexibility index (Phi) is 4.40. The Hall–Kier alpha value is -0.880. The van der Waals surface area contributed by atoms with Crippen LogP contribution in [-0.4, -0.2) is 8.42 Å². The second-order valence-corrected chi connectivity index (χ2v) is 6.86. The fourth-order valence-corrected chi connectivity index (χ4v) is 3.35. The average Bonchev–Trinajstić information content (AvgIpc) is 2.83. The third kappa shape index (κ3) is 4.10. The summed E-state index contributed by atoms with van der Waals surface area (Å²) in [7, 11) is -3.31. The molecule has 0 bridgehead atoms. The molecule has 0 aliphatic carbocycles. The van der Waals surface area contributed by atoms with Crippen LogP contribution in [0.1, 0.15) is 11.1 Å². The molecular formula is C12H12ClNO2S2. The maximum atomic E-state index is 11.8.